The Morgan fingerprint density at radius 2 is 2.07 bits per heavy atom. The maximum Gasteiger partial charge on any atom is 0.251 e. The molecule has 0 fully saturated rings. The van der Waals surface area contributed by atoms with E-state index in [1.165, 1.54) is 21.3 Å². The van der Waals surface area contributed by atoms with Gasteiger partial charge in [0, 0.05) is 26.3 Å². The summed E-state index contributed by atoms with van der Waals surface area (Å²) in [5.41, 5.74) is 0.383. The molecule has 0 bridgehead atoms. The lowest BCUT2D eigenvalue weighted by atomic mass is 10.2. The maximum absolute atomic E-state index is 12.2. The van der Waals surface area contributed by atoms with E-state index < -0.39 is 22.1 Å². The molecule has 1 aliphatic rings. The lowest BCUT2D eigenvalue weighted by Crippen LogP contribution is -2.46. The van der Waals surface area contributed by atoms with Gasteiger partial charge in [0.05, 0.1) is 19.4 Å². The Balaban J connectivity index is 1.82. The smallest absolute Gasteiger partial charge is 0.251 e. The molecule has 10 heteroatoms. The van der Waals surface area contributed by atoms with E-state index in [1.807, 2.05) is 0 Å². The summed E-state index contributed by atoms with van der Waals surface area (Å²) in [6, 6.07) is 6.58. The Labute approximate surface area is 158 Å². The summed E-state index contributed by atoms with van der Waals surface area (Å²) >= 11 is 0. The van der Waals surface area contributed by atoms with Gasteiger partial charge in [-0.3, -0.25) is 4.79 Å². The topological polar surface area (TPSA) is 112 Å². The van der Waals surface area contributed by atoms with E-state index in [4.69, 9.17) is 18.9 Å². The number of nitrogens with one attached hydrogen (secondary N) is 2. The van der Waals surface area contributed by atoms with Gasteiger partial charge in [-0.2, -0.15) is 0 Å². The van der Waals surface area contributed by atoms with Crippen LogP contribution >= 0.6 is 0 Å². The third-order valence-corrected chi connectivity index (χ3v) is 5.25. The van der Waals surface area contributed by atoms with Gasteiger partial charge in [0.2, 0.25) is 15.8 Å². The Morgan fingerprint density at radius 3 is 2.70 bits per heavy atom. The molecule has 0 saturated heterocycles. The van der Waals surface area contributed by atoms with Crippen molar-refractivity contribution < 1.29 is 32.2 Å². The molecule has 0 aliphatic carbocycles. The molecule has 0 aromatic heterocycles. The van der Waals surface area contributed by atoms with Gasteiger partial charge in [0.15, 0.2) is 6.29 Å². The minimum atomic E-state index is -3.66. The number of sulfonamides is 1. The Hall–Kier alpha value is -1.98. The van der Waals surface area contributed by atoms with Crippen molar-refractivity contribution in [3.8, 4) is 5.75 Å². The van der Waals surface area contributed by atoms with E-state index in [9.17, 15) is 13.2 Å². The lowest BCUT2D eigenvalue weighted by molar-refractivity contribution is -0.237. The summed E-state index contributed by atoms with van der Waals surface area (Å²) in [6.07, 6.45) is 2.62. The Morgan fingerprint density at radius 1 is 1.30 bits per heavy atom. The summed E-state index contributed by atoms with van der Waals surface area (Å²) < 4.78 is 47.6. The number of hydrogen-bond donors (Lipinski definition) is 2. The zero-order chi connectivity index (χ0) is 19.9. The van der Waals surface area contributed by atoms with Crippen LogP contribution in [0, 0.1) is 0 Å². The molecule has 150 valence electrons. The van der Waals surface area contributed by atoms with Gasteiger partial charge in [0.1, 0.15) is 5.75 Å². The fourth-order valence-electron chi connectivity index (χ4n) is 2.36. The zero-order valence-corrected chi connectivity index (χ0v) is 16.2. The first-order valence-electron chi connectivity index (χ1n) is 8.18. The van der Waals surface area contributed by atoms with Crippen molar-refractivity contribution in [3.63, 3.8) is 0 Å². The predicted molar refractivity (Wildman–Crippen MR) is 97.9 cm³/mol. The van der Waals surface area contributed by atoms with Gasteiger partial charge in [0.25, 0.3) is 5.91 Å². The number of methoxy groups -OCH3 is 3. The monoisotopic (exact) mass is 400 g/mol. The van der Waals surface area contributed by atoms with Crippen molar-refractivity contribution in [2.45, 2.75) is 12.1 Å². The van der Waals surface area contributed by atoms with Crippen molar-refractivity contribution in [1.29, 1.82) is 0 Å². The lowest BCUT2D eigenvalue weighted by Gasteiger charge is -2.27. The van der Waals surface area contributed by atoms with Crippen molar-refractivity contribution >= 4 is 15.9 Å². The van der Waals surface area contributed by atoms with Crippen LogP contribution in [0.5, 0.6) is 5.75 Å². The molecule has 0 spiro atoms. The summed E-state index contributed by atoms with van der Waals surface area (Å²) in [5, 5.41) is 2.56. The highest BCUT2D eigenvalue weighted by Gasteiger charge is 2.36. The number of carbonyl (C=O) groups excluding carboxylic acids is 1. The Kier molecular flexibility index (Phi) is 7.33. The van der Waals surface area contributed by atoms with Crippen LogP contribution in [-0.4, -0.2) is 66.6 Å². The molecule has 2 rings (SSSR count). The average Bonchev–Trinajstić information content (AvgIpc) is 3.11. The van der Waals surface area contributed by atoms with Crippen molar-refractivity contribution in [1.82, 2.24) is 10.0 Å². The average molecular weight is 400 g/mol. The standard InChI is InChI=1S/C17H24N2O7S/c1-23-14-6-4-5-13(11-14)16(20)18-9-10-27(21,22)19-12-17(25-3)8-7-15(24-2)26-17/h4-8,11,15,19H,9-10,12H2,1-3H3,(H,18,20)/t15-,17+/m1/s1. The van der Waals surface area contributed by atoms with Gasteiger partial charge >= 0.3 is 0 Å². The first-order valence-corrected chi connectivity index (χ1v) is 9.83. The summed E-state index contributed by atoms with van der Waals surface area (Å²) in [6.45, 7) is -0.172. The molecule has 1 aromatic rings. The number of amides is 1. The second-order valence-corrected chi connectivity index (χ2v) is 7.65. The fraction of sp³-hybridized carbons (Fsp3) is 0.471. The van der Waals surface area contributed by atoms with Crippen molar-refractivity contribution in [2.24, 2.45) is 0 Å². The zero-order valence-electron chi connectivity index (χ0n) is 15.4. The molecule has 0 unspecified atom stereocenters. The second-order valence-electron chi connectivity index (χ2n) is 5.72. The van der Waals surface area contributed by atoms with E-state index in [0.717, 1.165) is 0 Å². The van der Waals surface area contributed by atoms with E-state index in [1.54, 1.807) is 36.4 Å². The van der Waals surface area contributed by atoms with E-state index >= 15 is 0 Å². The third kappa shape index (κ3) is 6.01. The fourth-order valence-corrected chi connectivity index (χ4v) is 3.30. The molecule has 1 heterocycles. The van der Waals surface area contributed by atoms with Gasteiger partial charge in [-0.25, -0.2) is 13.1 Å². The molecule has 9 nitrogen and oxygen atoms in total. The second kappa shape index (κ2) is 9.29. The van der Waals surface area contributed by atoms with Crippen LogP contribution < -0.4 is 14.8 Å². The van der Waals surface area contributed by atoms with E-state index in [-0.39, 0.29) is 24.7 Å². The van der Waals surface area contributed by atoms with Crippen LogP contribution in [0.15, 0.2) is 36.4 Å². The van der Waals surface area contributed by atoms with Gasteiger partial charge in [-0.05, 0) is 30.4 Å². The minimum absolute atomic E-state index is 0.0528. The van der Waals surface area contributed by atoms with Crippen molar-refractivity contribution in [2.75, 3.05) is 40.2 Å². The summed E-state index contributed by atoms with van der Waals surface area (Å²) in [7, 11) is 0.720. The van der Waals surface area contributed by atoms with Gasteiger partial charge in [-0.15, -0.1) is 0 Å². The number of rotatable bonds is 10. The van der Waals surface area contributed by atoms with Gasteiger partial charge < -0.3 is 24.3 Å². The molecule has 1 aliphatic heterocycles. The molecule has 1 aromatic carbocycles. The molecule has 2 atom stereocenters. The van der Waals surface area contributed by atoms with Crippen LogP contribution in [0.1, 0.15) is 10.4 Å². The summed E-state index contributed by atoms with van der Waals surface area (Å²) in [4.78, 5) is 12.1. The van der Waals surface area contributed by atoms with Crippen LogP contribution in [0.4, 0.5) is 0 Å². The Bertz CT molecular complexity index is 781. The number of benzene rings is 1. The van der Waals surface area contributed by atoms with Crippen molar-refractivity contribution in [3.05, 3.63) is 42.0 Å². The SMILES string of the molecule is COc1cccc(C(=O)NCCS(=O)(=O)NC[C@]2(OC)C=C[C@H](OC)O2)c1. The first kappa shape index (κ1) is 21.3. The third-order valence-electron chi connectivity index (χ3n) is 3.93. The molecule has 0 saturated carbocycles. The highest BCUT2D eigenvalue weighted by molar-refractivity contribution is 7.89. The number of ether oxygens (including phenoxy) is 4. The minimum Gasteiger partial charge on any atom is -0.497 e. The van der Waals surface area contributed by atoms with E-state index in [2.05, 4.69) is 10.0 Å². The predicted octanol–water partition coefficient (Wildman–Crippen LogP) is 0.246. The normalized spacial score (nSPS) is 22.0. The molecular weight excluding hydrogens is 376 g/mol. The van der Waals surface area contributed by atoms with Crippen LogP contribution in [0.3, 0.4) is 0 Å². The molecule has 1 amide bonds. The molecule has 27 heavy (non-hydrogen) atoms. The highest BCUT2D eigenvalue weighted by Crippen LogP contribution is 2.24. The largest absolute Gasteiger partial charge is 0.497 e. The highest BCUT2D eigenvalue weighted by atomic mass is 32.2. The summed E-state index contributed by atoms with van der Waals surface area (Å²) in [5.74, 6) is -1.36. The number of carbonyl (C=O) groups is 1. The van der Waals surface area contributed by atoms with E-state index in [0.29, 0.717) is 11.3 Å². The first-order chi connectivity index (χ1) is 12.8. The quantitative estimate of drug-likeness (QED) is 0.541. The van der Waals surface area contributed by atoms with Crippen LogP contribution in [0.2, 0.25) is 0 Å². The molecule has 2 N–H and O–H groups in total. The maximum atomic E-state index is 12.2. The van der Waals surface area contributed by atoms with Crippen LogP contribution in [-0.2, 0) is 24.2 Å². The molecule has 0 radical (unpaired) electrons. The molecular formula is C17H24N2O7S. The van der Waals surface area contributed by atoms with Gasteiger partial charge in [-0.1, -0.05) is 6.07 Å². The van der Waals surface area contributed by atoms with Crippen LogP contribution in [0.25, 0.3) is 0 Å². The number of hydrogen-bond acceptors (Lipinski definition) is 7.